The summed E-state index contributed by atoms with van der Waals surface area (Å²) in [6.45, 7) is 0. The van der Waals surface area contributed by atoms with Gasteiger partial charge in [0.15, 0.2) is 0 Å². The van der Waals surface area contributed by atoms with Gasteiger partial charge in [-0.25, -0.2) is 8.42 Å². The Morgan fingerprint density at radius 3 is 2.24 bits per heavy atom. The van der Waals surface area contributed by atoms with Crippen LogP contribution in [0, 0.1) is 0 Å². The molecule has 150 valence electrons. The molecule has 0 aliphatic rings. The lowest BCUT2D eigenvalue weighted by atomic mass is 10.0. The molecule has 0 aliphatic carbocycles. The van der Waals surface area contributed by atoms with Gasteiger partial charge in [0.2, 0.25) is 0 Å². The van der Waals surface area contributed by atoms with Crippen LogP contribution in [0.2, 0.25) is 0 Å². The normalized spacial score (nSPS) is 11.1. The maximum Gasteiger partial charge on any atom is 0.293 e. The molecular formula is C21H20N2O5S. The Labute approximate surface area is 169 Å². The highest BCUT2D eigenvalue weighted by Gasteiger charge is 2.25. The van der Waals surface area contributed by atoms with Crippen LogP contribution in [0.1, 0.15) is 21.5 Å². The molecule has 0 saturated carbocycles. The van der Waals surface area contributed by atoms with Gasteiger partial charge in [-0.15, -0.1) is 5.17 Å². The third-order valence-corrected chi connectivity index (χ3v) is 5.60. The van der Waals surface area contributed by atoms with Gasteiger partial charge in [-0.3, -0.25) is 10.0 Å². The summed E-state index contributed by atoms with van der Waals surface area (Å²) in [5.74, 6) is -0.400. The number of carbonyl (C=O) groups excluding carboxylic acids is 1. The number of sulfonamides is 1. The summed E-state index contributed by atoms with van der Waals surface area (Å²) >= 11 is 0. The molecule has 0 spiro atoms. The Bertz CT molecular complexity index is 1090. The van der Waals surface area contributed by atoms with Crippen LogP contribution in [0.25, 0.3) is 0 Å². The highest BCUT2D eigenvalue weighted by molar-refractivity contribution is 7.89. The van der Waals surface area contributed by atoms with E-state index in [1.165, 1.54) is 31.4 Å². The first-order valence-corrected chi connectivity index (χ1v) is 10.2. The van der Waals surface area contributed by atoms with Crippen LogP contribution in [0.3, 0.4) is 0 Å². The molecule has 1 amide bonds. The largest absolute Gasteiger partial charge is 0.497 e. The van der Waals surface area contributed by atoms with Crippen molar-refractivity contribution in [3.63, 3.8) is 0 Å². The monoisotopic (exact) mass is 412 g/mol. The van der Waals surface area contributed by atoms with Gasteiger partial charge < -0.3 is 4.74 Å². The first kappa shape index (κ1) is 20.5. The number of ether oxygens (including phenoxy) is 1. The van der Waals surface area contributed by atoms with Crippen molar-refractivity contribution in [3.8, 4) is 5.75 Å². The second-order valence-electron chi connectivity index (χ2n) is 6.21. The van der Waals surface area contributed by atoms with E-state index in [0.717, 1.165) is 5.56 Å². The van der Waals surface area contributed by atoms with Crippen molar-refractivity contribution in [2.75, 3.05) is 7.11 Å². The summed E-state index contributed by atoms with van der Waals surface area (Å²) in [5.41, 5.74) is 1.50. The molecule has 29 heavy (non-hydrogen) atoms. The zero-order valence-corrected chi connectivity index (χ0v) is 16.5. The van der Waals surface area contributed by atoms with Crippen molar-refractivity contribution in [3.05, 3.63) is 95.6 Å². The number of nitrogens with one attached hydrogen (secondary N) is 1. The molecule has 0 heterocycles. The summed E-state index contributed by atoms with van der Waals surface area (Å²) in [6, 6.07) is 21.7. The molecule has 2 N–H and O–H groups in total. The van der Waals surface area contributed by atoms with E-state index in [9.17, 15) is 18.4 Å². The van der Waals surface area contributed by atoms with E-state index in [2.05, 4.69) is 0 Å². The van der Waals surface area contributed by atoms with Gasteiger partial charge in [-0.05, 0) is 47.9 Å². The summed E-state index contributed by atoms with van der Waals surface area (Å²) < 4.78 is 31.0. The Morgan fingerprint density at radius 2 is 1.62 bits per heavy atom. The molecule has 0 unspecified atom stereocenters. The fourth-order valence-electron chi connectivity index (χ4n) is 2.81. The van der Waals surface area contributed by atoms with Gasteiger partial charge in [0.1, 0.15) is 5.75 Å². The number of nitrogens with zero attached hydrogens (tertiary/aromatic N) is 1. The number of carbonyl (C=O) groups is 1. The molecule has 8 heteroatoms. The standard InChI is InChI=1S/C21H20N2O5S/c1-28-19-12-13-20(18(15-19)14-16-8-4-2-5-9-16)29(26,27)22-23(25)21(24)17-10-6-3-7-11-17/h2-13,15,22,25H,14H2,1H3. The Hall–Kier alpha value is -3.20. The fourth-order valence-corrected chi connectivity index (χ4v) is 3.94. The molecule has 0 fully saturated rings. The smallest absolute Gasteiger partial charge is 0.293 e. The minimum atomic E-state index is -4.24. The predicted octanol–water partition coefficient (Wildman–Crippen LogP) is 3.01. The van der Waals surface area contributed by atoms with Crippen molar-refractivity contribution < 1.29 is 23.2 Å². The van der Waals surface area contributed by atoms with E-state index in [-0.39, 0.29) is 15.6 Å². The molecule has 0 radical (unpaired) electrons. The van der Waals surface area contributed by atoms with Crippen LogP contribution in [0.15, 0.2) is 83.8 Å². The number of methoxy groups -OCH3 is 1. The molecule has 7 nitrogen and oxygen atoms in total. The van der Waals surface area contributed by atoms with Crippen molar-refractivity contribution in [2.45, 2.75) is 11.3 Å². The van der Waals surface area contributed by atoms with Crippen LogP contribution in [-0.4, -0.2) is 31.8 Å². The summed E-state index contributed by atoms with van der Waals surface area (Å²) in [5, 5.41) is 9.99. The number of hydrogen-bond acceptors (Lipinski definition) is 5. The number of benzene rings is 3. The summed E-state index contributed by atoms with van der Waals surface area (Å²) in [4.78, 5) is 14.1. The Balaban J connectivity index is 1.90. The van der Waals surface area contributed by atoms with Crippen LogP contribution in [-0.2, 0) is 16.4 Å². The van der Waals surface area contributed by atoms with Gasteiger partial charge in [-0.1, -0.05) is 53.4 Å². The van der Waals surface area contributed by atoms with Crippen LogP contribution < -0.4 is 9.57 Å². The van der Waals surface area contributed by atoms with E-state index in [1.54, 1.807) is 24.3 Å². The molecule has 0 atom stereocenters. The van der Waals surface area contributed by atoms with Gasteiger partial charge in [0, 0.05) is 5.56 Å². The number of rotatable bonds is 7. The number of hydrazine groups is 1. The lowest BCUT2D eigenvalue weighted by Crippen LogP contribution is -2.44. The number of hydroxylamine groups is 1. The molecule has 3 aromatic rings. The second-order valence-corrected chi connectivity index (χ2v) is 7.84. The molecule has 0 saturated heterocycles. The molecule has 3 rings (SSSR count). The second kappa shape index (κ2) is 8.87. The van der Waals surface area contributed by atoms with Gasteiger partial charge in [0.25, 0.3) is 15.9 Å². The molecule has 0 aromatic heterocycles. The van der Waals surface area contributed by atoms with Crippen molar-refractivity contribution in [1.29, 1.82) is 0 Å². The van der Waals surface area contributed by atoms with E-state index < -0.39 is 15.9 Å². The van der Waals surface area contributed by atoms with Gasteiger partial charge in [0.05, 0.1) is 12.0 Å². The first-order valence-electron chi connectivity index (χ1n) is 8.72. The lowest BCUT2D eigenvalue weighted by molar-refractivity contribution is -0.0761. The van der Waals surface area contributed by atoms with Crippen molar-refractivity contribution in [2.24, 2.45) is 0 Å². The van der Waals surface area contributed by atoms with Crippen LogP contribution >= 0.6 is 0 Å². The third kappa shape index (κ3) is 5.00. The van der Waals surface area contributed by atoms with E-state index in [0.29, 0.717) is 17.7 Å². The topological polar surface area (TPSA) is 95.9 Å². The Morgan fingerprint density at radius 1 is 1.00 bits per heavy atom. The minimum Gasteiger partial charge on any atom is -0.497 e. The predicted molar refractivity (Wildman–Crippen MR) is 107 cm³/mol. The van der Waals surface area contributed by atoms with Crippen molar-refractivity contribution >= 4 is 15.9 Å². The zero-order chi connectivity index (χ0) is 20.9. The molecular weight excluding hydrogens is 392 g/mol. The molecule has 0 bridgehead atoms. The fraction of sp³-hybridized carbons (Fsp3) is 0.0952. The molecule has 3 aromatic carbocycles. The van der Waals surface area contributed by atoms with Crippen LogP contribution in [0.4, 0.5) is 0 Å². The van der Waals surface area contributed by atoms with E-state index in [1.807, 2.05) is 35.2 Å². The first-order chi connectivity index (χ1) is 13.9. The average molecular weight is 412 g/mol. The Kier molecular flexibility index (Phi) is 6.28. The lowest BCUT2D eigenvalue weighted by Gasteiger charge is -2.18. The maximum atomic E-state index is 12.9. The number of hydrogen-bond donors (Lipinski definition) is 2. The highest BCUT2D eigenvalue weighted by Crippen LogP contribution is 2.24. The minimum absolute atomic E-state index is 0.0266. The SMILES string of the molecule is COc1ccc(S(=O)(=O)NN(O)C(=O)c2ccccc2)c(Cc2ccccc2)c1. The van der Waals surface area contributed by atoms with Gasteiger partial charge >= 0.3 is 0 Å². The highest BCUT2D eigenvalue weighted by atomic mass is 32.2. The molecule has 0 aliphatic heterocycles. The maximum absolute atomic E-state index is 12.9. The van der Waals surface area contributed by atoms with E-state index in [4.69, 9.17) is 4.74 Å². The quantitative estimate of drug-likeness (QED) is 0.459. The average Bonchev–Trinajstić information content (AvgIpc) is 2.74. The summed E-state index contributed by atoms with van der Waals surface area (Å²) in [6.07, 6.45) is 0.326. The third-order valence-electron chi connectivity index (χ3n) is 4.21. The zero-order valence-electron chi connectivity index (χ0n) is 15.6. The number of amides is 1. The van der Waals surface area contributed by atoms with Gasteiger partial charge in [-0.2, -0.15) is 0 Å². The summed E-state index contributed by atoms with van der Waals surface area (Å²) in [7, 11) is -2.75. The van der Waals surface area contributed by atoms with Crippen molar-refractivity contribution in [1.82, 2.24) is 10.0 Å². The van der Waals surface area contributed by atoms with Crippen LogP contribution in [0.5, 0.6) is 5.75 Å². The van der Waals surface area contributed by atoms with E-state index >= 15 is 0 Å².